The van der Waals surface area contributed by atoms with E-state index in [1.54, 1.807) is 47.6 Å². The molecule has 0 aliphatic rings. The van der Waals surface area contributed by atoms with Gasteiger partial charge in [-0.3, -0.25) is 4.79 Å². The van der Waals surface area contributed by atoms with E-state index in [-0.39, 0.29) is 18.9 Å². The van der Waals surface area contributed by atoms with Crippen molar-refractivity contribution in [1.29, 1.82) is 0 Å². The van der Waals surface area contributed by atoms with Gasteiger partial charge in [0.2, 0.25) is 9.70 Å². The van der Waals surface area contributed by atoms with Crippen molar-refractivity contribution in [3.05, 3.63) is 12.2 Å². The molecule has 0 heterocycles. The number of amides is 3. The lowest BCUT2D eigenvalue weighted by Crippen LogP contribution is -2.51. The summed E-state index contributed by atoms with van der Waals surface area (Å²) in [5.41, 5.74) is -1.40. The quantitative estimate of drug-likeness (QED) is 0.0921. The molecule has 0 aromatic rings. The van der Waals surface area contributed by atoms with Crippen LogP contribution in [0.15, 0.2) is 12.2 Å². The van der Waals surface area contributed by atoms with E-state index in [1.165, 1.54) is 6.08 Å². The lowest BCUT2D eigenvalue weighted by Gasteiger charge is -2.26. The van der Waals surface area contributed by atoms with Gasteiger partial charge in [0.15, 0.2) is 0 Å². The minimum absolute atomic E-state index is 0.0530. The molecule has 10 nitrogen and oxygen atoms in total. The Labute approximate surface area is 240 Å². The molecular weight excluding hydrogens is 561 g/mol. The zero-order valence-electron chi connectivity index (χ0n) is 23.4. The Morgan fingerprint density at radius 3 is 1.92 bits per heavy atom. The molecule has 0 rings (SSSR count). The standard InChI is InChI=1S/C25H42Cl3N3O7/c1-16(2)17(12-13-19(32)37-23(3,4)5)30-20(33)18(31-22(35)38-24(6,7)8)11-9-10-14-29-21(34)36-15-25(26,27)28/h12-13,16-18H,9-11,14-15H2,1-8H3,(H,29,34)(H,30,33)(H,31,35)/b13-12+/t17-,18+/m1/s1. The Kier molecular flexibility index (Phi) is 15.4. The molecule has 220 valence electrons. The van der Waals surface area contributed by atoms with Crippen LogP contribution in [0.3, 0.4) is 0 Å². The molecule has 38 heavy (non-hydrogen) atoms. The largest absolute Gasteiger partial charge is 0.457 e. The van der Waals surface area contributed by atoms with Crippen molar-refractivity contribution in [2.75, 3.05) is 13.2 Å². The molecular formula is C25H42Cl3N3O7. The number of rotatable bonds is 12. The highest BCUT2D eigenvalue weighted by Gasteiger charge is 2.26. The van der Waals surface area contributed by atoms with Crippen molar-refractivity contribution < 1.29 is 33.4 Å². The Morgan fingerprint density at radius 1 is 0.842 bits per heavy atom. The number of alkyl halides is 3. The van der Waals surface area contributed by atoms with E-state index >= 15 is 0 Å². The fourth-order valence-corrected chi connectivity index (χ4v) is 2.96. The van der Waals surface area contributed by atoms with Gasteiger partial charge in [-0.05, 0) is 66.7 Å². The molecule has 0 aliphatic heterocycles. The molecule has 0 aromatic heterocycles. The van der Waals surface area contributed by atoms with E-state index < -0.39 is 57.7 Å². The van der Waals surface area contributed by atoms with Crippen molar-refractivity contribution in [2.24, 2.45) is 5.92 Å². The number of alkyl carbamates (subject to hydrolysis) is 2. The number of unbranched alkanes of at least 4 members (excludes halogenated alkanes) is 1. The zero-order chi connectivity index (χ0) is 29.7. The van der Waals surface area contributed by atoms with E-state index in [0.717, 1.165) is 0 Å². The van der Waals surface area contributed by atoms with Gasteiger partial charge in [-0.15, -0.1) is 0 Å². The van der Waals surface area contributed by atoms with Crippen molar-refractivity contribution in [3.63, 3.8) is 0 Å². The van der Waals surface area contributed by atoms with Gasteiger partial charge in [0, 0.05) is 12.6 Å². The number of carbonyl (C=O) groups is 4. The SMILES string of the molecule is CC(C)[C@@H](/C=C/C(=O)OC(C)(C)C)NC(=O)[C@H](CCCCNC(=O)OCC(Cl)(Cl)Cl)NC(=O)OC(C)(C)C. The minimum Gasteiger partial charge on any atom is -0.457 e. The second-order valence-electron chi connectivity index (χ2n) is 11.0. The van der Waals surface area contributed by atoms with Crippen LogP contribution in [0.1, 0.15) is 74.7 Å². The van der Waals surface area contributed by atoms with Crippen molar-refractivity contribution in [3.8, 4) is 0 Å². The third-order valence-electron chi connectivity index (χ3n) is 4.44. The summed E-state index contributed by atoms with van der Waals surface area (Å²) in [5, 5.41) is 7.99. The molecule has 3 amide bonds. The van der Waals surface area contributed by atoms with Gasteiger partial charge in [-0.2, -0.15) is 0 Å². The number of esters is 1. The van der Waals surface area contributed by atoms with E-state index in [9.17, 15) is 19.2 Å². The number of carbonyl (C=O) groups excluding carboxylic acids is 4. The summed E-state index contributed by atoms with van der Waals surface area (Å²) in [6, 6.07) is -1.41. The highest BCUT2D eigenvalue weighted by molar-refractivity contribution is 6.67. The molecule has 0 spiro atoms. The molecule has 0 unspecified atom stereocenters. The van der Waals surface area contributed by atoms with Crippen LogP contribution >= 0.6 is 34.8 Å². The Hall–Kier alpha value is -1.91. The number of nitrogens with one attached hydrogen (secondary N) is 3. The number of ether oxygens (including phenoxy) is 3. The van der Waals surface area contributed by atoms with Crippen LogP contribution in [0.4, 0.5) is 9.59 Å². The first kappa shape index (κ1) is 36.1. The van der Waals surface area contributed by atoms with E-state index in [1.807, 2.05) is 13.8 Å². The first-order chi connectivity index (χ1) is 17.2. The predicted molar refractivity (Wildman–Crippen MR) is 148 cm³/mol. The minimum atomic E-state index is -1.71. The molecule has 0 bridgehead atoms. The van der Waals surface area contributed by atoms with Crippen molar-refractivity contribution >= 4 is 58.9 Å². The maximum Gasteiger partial charge on any atom is 0.408 e. The smallest absolute Gasteiger partial charge is 0.408 e. The fraction of sp³-hybridized carbons (Fsp3) is 0.760. The lowest BCUT2D eigenvalue weighted by atomic mass is 10.0. The Bertz CT molecular complexity index is 816. The van der Waals surface area contributed by atoms with Crippen LogP contribution in [0, 0.1) is 5.92 Å². The second kappa shape index (κ2) is 16.3. The molecule has 13 heteroatoms. The normalized spacial score (nSPS) is 14.0. The number of hydrogen-bond acceptors (Lipinski definition) is 7. The van der Waals surface area contributed by atoms with Gasteiger partial charge in [-0.1, -0.05) is 54.7 Å². The average molecular weight is 603 g/mol. The highest BCUT2D eigenvalue weighted by Crippen LogP contribution is 2.25. The van der Waals surface area contributed by atoms with Crippen LogP contribution in [-0.4, -0.2) is 64.3 Å². The van der Waals surface area contributed by atoms with Crippen molar-refractivity contribution in [2.45, 2.75) is 102 Å². The van der Waals surface area contributed by atoms with Gasteiger partial charge in [0.1, 0.15) is 23.9 Å². The molecule has 0 aliphatic carbocycles. The van der Waals surface area contributed by atoms with E-state index in [0.29, 0.717) is 12.8 Å². The average Bonchev–Trinajstić information content (AvgIpc) is 2.70. The second-order valence-corrected chi connectivity index (χ2v) is 13.5. The van der Waals surface area contributed by atoms with Gasteiger partial charge < -0.3 is 30.2 Å². The summed E-state index contributed by atoms with van der Waals surface area (Å²) < 4.78 is 13.6. The van der Waals surface area contributed by atoms with Gasteiger partial charge in [-0.25, -0.2) is 14.4 Å². The molecule has 0 saturated carbocycles. The summed E-state index contributed by atoms with van der Waals surface area (Å²) in [6.07, 6.45) is 2.57. The van der Waals surface area contributed by atoms with Crippen LogP contribution in [0.5, 0.6) is 0 Å². The molecule has 2 atom stereocenters. The maximum absolute atomic E-state index is 13.1. The monoisotopic (exact) mass is 601 g/mol. The summed E-state index contributed by atoms with van der Waals surface area (Å²) in [5.74, 6) is -1.03. The first-order valence-corrected chi connectivity index (χ1v) is 13.5. The van der Waals surface area contributed by atoms with Gasteiger partial charge >= 0.3 is 18.2 Å². The molecule has 3 N–H and O–H groups in total. The summed E-state index contributed by atoms with van der Waals surface area (Å²) in [6.45, 7) is 14.0. The molecule has 0 fully saturated rings. The van der Waals surface area contributed by atoms with Crippen LogP contribution < -0.4 is 16.0 Å². The maximum atomic E-state index is 13.1. The van der Waals surface area contributed by atoms with E-state index in [2.05, 4.69) is 16.0 Å². The van der Waals surface area contributed by atoms with Crippen LogP contribution in [-0.2, 0) is 23.8 Å². The van der Waals surface area contributed by atoms with Gasteiger partial charge in [0.25, 0.3) is 0 Å². The third kappa shape index (κ3) is 20.1. The van der Waals surface area contributed by atoms with Crippen LogP contribution in [0.2, 0.25) is 0 Å². The molecule has 0 saturated heterocycles. The summed E-state index contributed by atoms with van der Waals surface area (Å²) in [4.78, 5) is 49.2. The molecule has 0 radical (unpaired) electrons. The lowest BCUT2D eigenvalue weighted by molar-refractivity contribution is -0.148. The highest BCUT2D eigenvalue weighted by atomic mass is 35.6. The van der Waals surface area contributed by atoms with Crippen molar-refractivity contribution in [1.82, 2.24) is 16.0 Å². The summed E-state index contributed by atoms with van der Waals surface area (Å²) >= 11 is 16.6. The molecule has 0 aromatic carbocycles. The third-order valence-corrected chi connectivity index (χ3v) is 4.76. The summed E-state index contributed by atoms with van der Waals surface area (Å²) in [7, 11) is 0. The Balaban J connectivity index is 5.16. The topological polar surface area (TPSA) is 132 Å². The number of halogens is 3. The zero-order valence-corrected chi connectivity index (χ0v) is 25.7. The number of hydrogen-bond donors (Lipinski definition) is 3. The predicted octanol–water partition coefficient (Wildman–Crippen LogP) is 5.19. The van der Waals surface area contributed by atoms with Crippen LogP contribution in [0.25, 0.3) is 0 Å². The first-order valence-electron chi connectivity index (χ1n) is 12.4. The van der Waals surface area contributed by atoms with Gasteiger partial charge in [0.05, 0.1) is 6.04 Å². The van der Waals surface area contributed by atoms with E-state index in [4.69, 9.17) is 49.0 Å². The Morgan fingerprint density at radius 2 is 1.42 bits per heavy atom. The fourth-order valence-electron chi connectivity index (χ4n) is 2.80.